The van der Waals surface area contributed by atoms with E-state index in [9.17, 15) is 8.76 Å². The Morgan fingerprint density at radius 1 is 1.41 bits per heavy atom. The zero-order valence-electron chi connectivity index (χ0n) is 9.77. The van der Waals surface area contributed by atoms with Gasteiger partial charge in [0.15, 0.2) is 0 Å². The van der Waals surface area contributed by atoms with Gasteiger partial charge in [0.25, 0.3) is 0 Å². The smallest absolute Gasteiger partial charge is 0.768 e. The fourth-order valence-electron chi connectivity index (χ4n) is 1.12. The Morgan fingerprint density at radius 3 is 2.71 bits per heavy atom. The first kappa shape index (κ1) is 17.4. The molecule has 90 valence electrons. The summed E-state index contributed by atoms with van der Waals surface area (Å²) in [6.07, 6.45) is 0.698. The molecule has 1 unspecified atom stereocenters. The van der Waals surface area contributed by atoms with Crippen LogP contribution in [0.1, 0.15) is 6.42 Å². The third kappa shape index (κ3) is 6.20. The van der Waals surface area contributed by atoms with Gasteiger partial charge in [-0.3, -0.25) is 4.21 Å². The minimum Gasteiger partial charge on any atom is -0.768 e. The number of benzene rings is 1. The molecule has 7 heteroatoms. The number of rotatable bonds is 6. The minimum atomic E-state index is -2.35. The van der Waals surface area contributed by atoms with Gasteiger partial charge < -0.3 is 14.0 Å². The normalized spacial score (nSPS) is 11.7. The number of ether oxygens (including phenoxy) is 2. The topological polar surface area (TPSA) is 58.6 Å². The monoisotopic (exact) mass is 286 g/mol. The molecule has 1 rings (SSSR count). The fraction of sp³-hybridized carbons (Fsp3) is 0.400. The summed E-state index contributed by atoms with van der Waals surface area (Å²) in [6.45, 7) is 0.975. The predicted molar refractivity (Wildman–Crippen MR) is 60.6 cm³/mol. The van der Waals surface area contributed by atoms with Crippen LogP contribution in [0.5, 0.6) is 5.75 Å². The van der Waals surface area contributed by atoms with Gasteiger partial charge in [-0.2, -0.15) is 0 Å². The van der Waals surface area contributed by atoms with Crippen LogP contribution in [-0.4, -0.2) is 29.1 Å². The Kier molecular flexibility index (Phi) is 9.54. The van der Waals surface area contributed by atoms with E-state index in [0.29, 0.717) is 30.4 Å². The van der Waals surface area contributed by atoms with Crippen molar-refractivity contribution >= 4 is 22.7 Å². The summed E-state index contributed by atoms with van der Waals surface area (Å²) < 4.78 is 32.0. The van der Waals surface area contributed by atoms with Crippen LogP contribution in [0.4, 0.5) is 0 Å². The molecule has 0 fully saturated rings. The summed E-state index contributed by atoms with van der Waals surface area (Å²) in [4.78, 5) is 0.0740. The van der Waals surface area contributed by atoms with E-state index in [1.54, 1.807) is 19.2 Å². The quantitative estimate of drug-likeness (QED) is 0.382. The molecule has 0 aromatic heterocycles. The number of hydrogen-bond donors (Lipinski definition) is 0. The molecule has 1 atom stereocenters. The van der Waals surface area contributed by atoms with Gasteiger partial charge in [0.05, 0.1) is 11.5 Å². The van der Waals surface area contributed by atoms with Gasteiger partial charge in [0, 0.05) is 25.2 Å². The Hall–Kier alpha value is 0.380. The Morgan fingerprint density at radius 2 is 2.12 bits per heavy atom. The van der Waals surface area contributed by atoms with Gasteiger partial charge in [0.1, 0.15) is 5.75 Å². The molecule has 0 bridgehead atoms. The van der Waals surface area contributed by atoms with Gasteiger partial charge >= 0.3 is 29.6 Å². The zero-order chi connectivity index (χ0) is 12.0. The second kappa shape index (κ2) is 9.33. The van der Waals surface area contributed by atoms with Gasteiger partial charge in [0.2, 0.25) is 0 Å². The summed E-state index contributed by atoms with van der Waals surface area (Å²) in [6, 6.07) is 4.49. The van der Waals surface area contributed by atoms with E-state index < -0.39 is 11.1 Å². The second-order valence-electron chi connectivity index (χ2n) is 3.02. The van der Waals surface area contributed by atoms with Crippen LogP contribution >= 0.6 is 11.6 Å². The molecule has 0 N–H and O–H groups in total. The maximum atomic E-state index is 10.9. The molecule has 0 radical (unpaired) electrons. The standard InChI is InChI=1S/C10H13ClO4S.Na/c1-14-5-2-6-15-9-4-3-8(11)7-10(9)16(12)13;/h3-4,7H,2,5-6H2,1H3,(H,12,13);/q;+1/p-1. The first-order valence-electron chi connectivity index (χ1n) is 4.65. The van der Waals surface area contributed by atoms with Crippen LogP contribution in [-0.2, 0) is 15.8 Å². The van der Waals surface area contributed by atoms with Gasteiger partial charge in [-0.15, -0.1) is 0 Å². The average molecular weight is 287 g/mol. The molecular weight excluding hydrogens is 275 g/mol. The largest absolute Gasteiger partial charge is 1.00 e. The van der Waals surface area contributed by atoms with E-state index in [1.165, 1.54) is 6.07 Å². The molecule has 0 heterocycles. The number of halogens is 1. The Balaban J connectivity index is 0.00000256. The molecule has 0 aliphatic carbocycles. The van der Waals surface area contributed by atoms with Crippen LogP contribution in [0.2, 0.25) is 5.02 Å². The summed E-state index contributed by atoms with van der Waals surface area (Å²) in [5.41, 5.74) is 0. The van der Waals surface area contributed by atoms with E-state index >= 15 is 0 Å². The predicted octanol–water partition coefficient (Wildman–Crippen LogP) is -1.00. The molecular formula is C10H12ClNaO4S. The maximum Gasteiger partial charge on any atom is 1.00 e. The maximum absolute atomic E-state index is 10.9. The number of methoxy groups -OCH3 is 1. The van der Waals surface area contributed by atoms with E-state index in [0.717, 1.165) is 0 Å². The number of hydrogen-bond acceptors (Lipinski definition) is 4. The van der Waals surface area contributed by atoms with Gasteiger partial charge in [-0.1, -0.05) is 11.6 Å². The third-order valence-corrected chi connectivity index (χ3v) is 2.75. The van der Waals surface area contributed by atoms with Crippen LogP contribution in [0.25, 0.3) is 0 Å². The SMILES string of the molecule is COCCCOc1ccc(Cl)cc1S(=O)[O-].[Na+]. The van der Waals surface area contributed by atoms with Crippen molar-refractivity contribution < 1.29 is 47.8 Å². The van der Waals surface area contributed by atoms with Crippen molar-refractivity contribution in [2.75, 3.05) is 20.3 Å². The van der Waals surface area contributed by atoms with E-state index in [-0.39, 0.29) is 34.5 Å². The van der Waals surface area contributed by atoms with Crippen molar-refractivity contribution in [3.05, 3.63) is 23.2 Å². The third-order valence-electron chi connectivity index (χ3n) is 1.84. The molecule has 4 nitrogen and oxygen atoms in total. The molecule has 1 aromatic carbocycles. The van der Waals surface area contributed by atoms with Crippen LogP contribution in [0.15, 0.2) is 23.1 Å². The van der Waals surface area contributed by atoms with E-state index in [4.69, 9.17) is 21.1 Å². The molecule has 0 saturated carbocycles. The summed E-state index contributed by atoms with van der Waals surface area (Å²) in [5, 5.41) is 0.364. The van der Waals surface area contributed by atoms with Crippen molar-refractivity contribution in [1.29, 1.82) is 0 Å². The van der Waals surface area contributed by atoms with Crippen molar-refractivity contribution in [1.82, 2.24) is 0 Å². The van der Waals surface area contributed by atoms with Crippen molar-refractivity contribution in [3.8, 4) is 5.75 Å². The molecule has 0 spiro atoms. The molecule has 17 heavy (non-hydrogen) atoms. The molecule has 0 saturated heterocycles. The van der Waals surface area contributed by atoms with Crippen LogP contribution in [0, 0.1) is 0 Å². The first-order valence-corrected chi connectivity index (χ1v) is 6.11. The Labute approximate surface area is 130 Å². The van der Waals surface area contributed by atoms with E-state index in [1.807, 2.05) is 0 Å². The summed E-state index contributed by atoms with van der Waals surface area (Å²) in [5.74, 6) is 0.314. The van der Waals surface area contributed by atoms with E-state index in [2.05, 4.69) is 0 Å². The molecule has 0 amide bonds. The van der Waals surface area contributed by atoms with Crippen molar-refractivity contribution in [2.24, 2.45) is 0 Å². The minimum absolute atomic E-state index is 0. The molecule has 0 aliphatic heterocycles. The average Bonchev–Trinajstić information content (AvgIpc) is 2.26. The Bertz CT molecular complexity index is 375. The first-order chi connectivity index (χ1) is 7.65. The zero-order valence-corrected chi connectivity index (χ0v) is 13.3. The van der Waals surface area contributed by atoms with Gasteiger partial charge in [-0.25, -0.2) is 0 Å². The van der Waals surface area contributed by atoms with Crippen molar-refractivity contribution in [2.45, 2.75) is 11.3 Å². The summed E-state index contributed by atoms with van der Waals surface area (Å²) >= 11 is 3.35. The van der Waals surface area contributed by atoms with Gasteiger partial charge in [-0.05, 0) is 29.3 Å². The van der Waals surface area contributed by atoms with Crippen molar-refractivity contribution in [3.63, 3.8) is 0 Å². The molecule has 0 aliphatic rings. The van der Waals surface area contributed by atoms with Crippen LogP contribution in [0.3, 0.4) is 0 Å². The van der Waals surface area contributed by atoms with Crippen LogP contribution < -0.4 is 34.3 Å². The fourth-order valence-corrected chi connectivity index (χ4v) is 1.87. The summed E-state index contributed by atoms with van der Waals surface area (Å²) in [7, 11) is 1.60. The molecule has 1 aromatic rings. The second-order valence-corrected chi connectivity index (χ2v) is 4.37.